The maximum atomic E-state index is 2.62. The third kappa shape index (κ3) is 5.29. The second kappa shape index (κ2) is 12.8. The summed E-state index contributed by atoms with van der Waals surface area (Å²) in [5.41, 5.74) is 18.4. The van der Waals surface area contributed by atoms with E-state index >= 15 is 0 Å². The minimum absolute atomic E-state index is 0.116. The van der Waals surface area contributed by atoms with Crippen molar-refractivity contribution in [2.45, 2.75) is 88.9 Å². The number of anilines is 3. The Labute approximate surface area is 351 Å². The van der Waals surface area contributed by atoms with Gasteiger partial charge in [-0.2, -0.15) is 0 Å². The van der Waals surface area contributed by atoms with Gasteiger partial charge in [0.2, 0.25) is 0 Å². The number of hydrogen-bond acceptors (Lipinski definition) is 1. The topological polar surface area (TPSA) is 3.24 Å². The summed E-state index contributed by atoms with van der Waals surface area (Å²) in [7, 11) is 0. The lowest BCUT2D eigenvalue weighted by Gasteiger charge is -2.61. The van der Waals surface area contributed by atoms with Crippen LogP contribution in [-0.4, -0.2) is 0 Å². The Kier molecular flexibility index (Phi) is 7.71. The normalized spacial score (nSPS) is 25.2. The molecule has 4 fully saturated rings. The van der Waals surface area contributed by atoms with Gasteiger partial charge in [-0.25, -0.2) is 0 Å². The zero-order valence-electron chi connectivity index (χ0n) is 35.1. The van der Waals surface area contributed by atoms with Crippen molar-refractivity contribution in [2.75, 3.05) is 4.90 Å². The summed E-state index contributed by atoms with van der Waals surface area (Å²) in [6.07, 6.45) is 9.48. The van der Waals surface area contributed by atoms with Crippen LogP contribution < -0.4 is 4.90 Å². The lowest BCUT2D eigenvalue weighted by atomic mass is 9.43. The molecule has 7 aromatic rings. The van der Waals surface area contributed by atoms with Gasteiger partial charge < -0.3 is 4.90 Å². The van der Waals surface area contributed by atoms with Crippen molar-refractivity contribution < 1.29 is 0 Å². The Hall–Kier alpha value is -5.40. The average molecular weight is 766 g/mol. The van der Waals surface area contributed by atoms with Gasteiger partial charge in [-0.3, -0.25) is 0 Å². The van der Waals surface area contributed by atoms with E-state index in [9.17, 15) is 0 Å². The van der Waals surface area contributed by atoms with E-state index in [-0.39, 0.29) is 16.2 Å². The van der Waals surface area contributed by atoms with Crippen LogP contribution in [0.3, 0.4) is 0 Å². The second-order valence-corrected chi connectivity index (χ2v) is 20.4. The number of fused-ring (bicyclic) bond motifs is 5. The number of rotatable bonds is 5. The molecule has 59 heavy (non-hydrogen) atoms. The zero-order valence-corrected chi connectivity index (χ0v) is 35.1. The first-order chi connectivity index (χ1) is 28.7. The molecule has 0 amide bonds. The van der Waals surface area contributed by atoms with E-state index < -0.39 is 0 Å². The summed E-state index contributed by atoms with van der Waals surface area (Å²) < 4.78 is 0. The van der Waals surface area contributed by atoms with Crippen molar-refractivity contribution in [3.8, 4) is 33.4 Å². The van der Waals surface area contributed by atoms with Crippen LogP contribution in [0.5, 0.6) is 0 Å². The molecular formula is C58H55N. The summed E-state index contributed by atoms with van der Waals surface area (Å²) in [5, 5.41) is 2.56. The highest BCUT2D eigenvalue weighted by molar-refractivity contribution is 5.96. The zero-order chi connectivity index (χ0) is 39.7. The third-order valence-corrected chi connectivity index (χ3v) is 16.3. The first-order valence-corrected chi connectivity index (χ1v) is 22.6. The summed E-state index contributed by atoms with van der Waals surface area (Å²) in [6.45, 7) is 9.80. The van der Waals surface area contributed by atoms with Gasteiger partial charge in [0.05, 0.1) is 5.69 Å². The fourth-order valence-corrected chi connectivity index (χ4v) is 13.5. The Morgan fingerprint density at radius 2 is 0.983 bits per heavy atom. The monoisotopic (exact) mass is 765 g/mol. The van der Waals surface area contributed by atoms with Gasteiger partial charge in [-0.15, -0.1) is 0 Å². The second-order valence-electron chi connectivity index (χ2n) is 20.4. The molecular weight excluding hydrogens is 711 g/mol. The highest BCUT2D eigenvalue weighted by Gasteiger charge is 2.62. The van der Waals surface area contributed by atoms with Crippen LogP contribution in [0.25, 0.3) is 44.2 Å². The van der Waals surface area contributed by atoms with E-state index in [1.165, 1.54) is 117 Å². The predicted octanol–water partition coefficient (Wildman–Crippen LogP) is 15.7. The molecule has 0 heterocycles. The van der Waals surface area contributed by atoms with Gasteiger partial charge in [-0.1, -0.05) is 143 Å². The Morgan fingerprint density at radius 3 is 1.69 bits per heavy atom. The van der Waals surface area contributed by atoms with E-state index in [2.05, 4.69) is 184 Å². The smallest absolute Gasteiger partial charge is 0.0543 e. The van der Waals surface area contributed by atoms with E-state index in [0.717, 1.165) is 23.7 Å². The maximum absolute atomic E-state index is 2.62. The molecule has 7 aromatic carbocycles. The molecule has 6 aliphatic rings. The molecule has 13 rings (SSSR count). The Morgan fingerprint density at radius 1 is 0.424 bits per heavy atom. The minimum Gasteiger partial charge on any atom is -0.310 e. The molecule has 1 heteroatoms. The lowest BCUT2D eigenvalue weighted by Crippen LogP contribution is -2.55. The molecule has 292 valence electrons. The van der Waals surface area contributed by atoms with Gasteiger partial charge in [0, 0.05) is 22.4 Å². The molecule has 0 N–H and O–H groups in total. The molecule has 0 atom stereocenters. The van der Waals surface area contributed by atoms with Crippen molar-refractivity contribution in [3.63, 3.8) is 0 Å². The summed E-state index contributed by atoms with van der Waals surface area (Å²) in [5.74, 6) is 3.33. The quantitative estimate of drug-likeness (QED) is 0.169. The first-order valence-electron chi connectivity index (χ1n) is 22.6. The molecule has 0 saturated heterocycles. The molecule has 6 aliphatic carbocycles. The highest BCUT2D eigenvalue weighted by Crippen LogP contribution is 2.70. The third-order valence-electron chi connectivity index (χ3n) is 16.3. The fraction of sp³-hybridized carbons (Fsp3) is 0.310. The largest absolute Gasteiger partial charge is 0.310 e. The van der Waals surface area contributed by atoms with Gasteiger partial charge in [0.15, 0.2) is 0 Å². The number of hydrogen-bond donors (Lipinski definition) is 0. The van der Waals surface area contributed by atoms with E-state index in [1.807, 2.05) is 0 Å². The van der Waals surface area contributed by atoms with Gasteiger partial charge >= 0.3 is 0 Å². The molecule has 1 nitrogen and oxygen atoms in total. The molecule has 4 saturated carbocycles. The predicted molar refractivity (Wildman–Crippen MR) is 248 cm³/mol. The molecule has 4 bridgehead atoms. The molecule has 0 radical (unpaired) electrons. The Bertz CT molecular complexity index is 2750. The standard InChI is InChI=1S/C58H55N/c1-56(2)28-29-57(3,4)53-36-48(26-27-51(53)56)59(47-24-22-41(23-25-47)40-16-18-42(19-17-40)44-21-20-39-10-5-6-11-43(39)35-44)54-15-9-14-52-55(54)49-12-7-8-13-50(49)58(52)45-31-37-30-38(33-45)34-46(58)32-37/h5-27,35-38,45-46H,28-34H2,1-4H3. The van der Waals surface area contributed by atoms with Crippen LogP contribution in [0.2, 0.25) is 0 Å². The van der Waals surface area contributed by atoms with Gasteiger partial charge in [-0.05, 0) is 177 Å². The van der Waals surface area contributed by atoms with Crippen molar-refractivity contribution in [3.05, 3.63) is 174 Å². The Balaban J connectivity index is 0.993. The van der Waals surface area contributed by atoms with E-state index in [4.69, 9.17) is 0 Å². The van der Waals surface area contributed by atoms with Crippen molar-refractivity contribution in [2.24, 2.45) is 23.7 Å². The summed E-state index contributed by atoms with van der Waals surface area (Å²) in [6, 6.07) is 58.4. The maximum Gasteiger partial charge on any atom is 0.0543 e. The van der Waals surface area contributed by atoms with Crippen molar-refractivity contribution in [1.29, 1.82) is 0 Å². The van der Waals surface area contributed by atoms with Crippen LogP contribution in [0.15, 0.2) is 152 Å². The average Bonchev–Trinajstić information content (AvgIpc) is 3.56. The van der Waals surface area contributed by atoms with Crippen LogP contribution in [0.1, 0.15) is 94.9 Å². The van der Waals surface area contributed by atoms with Crippen molar-refractivity contribution in [1.82, 2.24) is 0 Å². The first kappa shape index (κ1) is 35.5. The molecule has 0 aliphatic heterocycles. The highest BCUT2D eigenvalue weighted by atomic mass is 15.1. The van der Waals surface area contributed by atoms with Gasteiger partial charge in [0.1, 0.15) is 0 Å². The van der Waals surface area contributed by atoms with Crippen LogP contribution >= 0.6 is 0 Å². The fourth-order valence-electron chi connectivity index (χ4n) is 13.5. The summed E-state index contributed by atoms with van der Waals surface area (Å²) >= 11 is 0. The lowest BCUT2D eigenvalue weighted by molar-refractivity contribution is -0.0399. The van der Waals surface area contributed by atoms with E-state index in [1.54, 1.807) is 11.1 Å². The summed E-state index contributed by atoms with van der Waals surface area (Å²) in [4.78, 5) is 2.62. The number of nitrogens with zero attached hydrogens (tertiary/aromatic N) is 1. The van der Waals surface area contributed by atoms with Crippen molar-refractivity contribution >= 4 is 27.8 Å². The minimum atomic E-state index is 0.116. The molecule has 0 aromatic heterocycles. The van der Waals surface area contributed by atoms with Gasteiger partial charge in [0.25, 0.3) is 0 Å². The van der Waals surface area contributed by atoms with Crippen LogP contribution in [0.4, 0.5) is 17.1 Å². The number of benzene rings is 7. The van der Waals surface area contributed by atoms with Crippen LogP contribution in [0, 0.1) is 23.7 Å². The SMILES string of the molecule is CC1(C)CCC(C)(C)c2cc(N(c3ccc(-c4ccc(-c5ccc6ccccc6c5)cc4)cc3)c3cccc4c3-c3ccccc3C43C4CC5CC(C4)CC3C5)ccc21. The van der Waals surface area contributed by atoms with Crippen LogP contribution in [-0.2, 0) is 16.2 Å². The molecule has 1 spiro atoms. The van der Waals surface area contributed by atoms with E-state index in [0.29, 0.717) is 0 Å². The molecule has 0 unspecified atom stereocenters.